The minimum absolute atomic E-state index is 0. The molecule has 6 aromatic carbocycles. The molecule has 0 saturated heterocycles. The molecular weight excluding hydrogens is 1110 g/mol. The summed E-state index contributed by atoms with van der Waals surface area (Å²) in [5.74, 6) is -0.0533. The van der Waals surface area contributed by atoms with Gasteiger partial charge in [-0.25, -0.2) is 9.36 Å². The number of aliphatic hydroxyl groups excluding tert-OH is 1. The number of carbonyl (C=O) groups excluding carboxylic acids is 2. The van der Waals surface area contributed by atoms with Gasteiger partial charge in [0.05, 0.1) is 22.8 Å². The number of phenolic OH excluding ortho intramolecular Hbond substituents is 2. The van der Waals surface area contributed by atoms with Gasteiger partial charge in [-0.1, -0.05) is 168 Å². The maximum Gasteiger partial charge on any atom is 0.295 e. The summed E-state index contributed by atoms with van der Waals surface area (Å²) in [6.45, 7) is 30.2. The molecule has 16 nitrogen and oxygen atoms in total. The van der Waals surface area contributed by atoms with Crippen molar-refractivity contribution in [3.05, 3.63) is 208 Å². The Labute approximate surface area is 517 Å². The lowest BCUT2D eigenvalue weighted by atomic mass is 9.79. The monoisotopic (exact) mass is 1200 g/mol. The quantitative estimate of drug-likeness (QED) is 0.0877. The number of aromatic nitrogens is 4. The van der Waals surface area contributed by atoms with Crippen LogP contribution in [0.4, 0.5) is 11.4 Å². The number of aromatic hydroxyl groups is 2. The predicted molar refractivity (Wildman–Crippen MR) is 351 cm³/mol. The molecule has 2 heterocycles. The van der Waals surface area contributed by atoms with Crippen molar-refractivity contribution in [2.45, 2.75) is 151 Å². The van der Waals surface area contributed by atoms with Crippen molar-refractivity contribution in [2.75, 3.05) is 30.5 Å². The Kier molecular flexibility index (Phi) is 19.8. The Bertz CT molecular complexity index is 3650. The maximum atomic E-state index is 14.3. The molecule has 88 heavy (non-hydrogen) atoms. The van der Waals surface area contributed by atoms with Crippen molar-refractivity contribution in [3.8, 4) is 34.4 Å². The first kappa shape index (κ1) is 66.9. The van der Waals surface area contributed by atoms with Gasteiger partial charge < -0.3 is 40.9 Å². The summed E-state index contributed by atoms with van der Waals surface area (Å²) in [6.07, 6.45) is 0.766. The predicted octanol–water partition coefficient (Wildman–Crippen LogP) is 11.8. The molecule has 0 aliphatic heterocycles. The fraction of sp³-hybridized carbons (Fsp3) is 0.389. The molecule has 0 atom stereocenters. The largest absolute Gasteiger partial charge is 0.507 e. The number of anilines is 2. The van der Waals surface area contributed by atoms with E-state index < -0.39 is 25.0 Å². The summed E-state index contributed by atoms with van der Waals surface area (Å²) in [4.78, 5) is 56.5. The van der Waals surface area contributed by atoms with Crippen LogP contribution in [0.5, 0.6) is 23.0 Å². The molecule has 0 radical (unpaired) electrons. The molecule has 0 fully saturated rings. The van der Waals surface area contributed by atoms with Gasteiger partial charge in [-0.05, 0) is 133 Å². The molecule has 0 spiro atoms. The summed E-state index contributed by atoms with van der Waals surface area (Å²) >= 11 is 0. The molecule has 0 unspecified atom stereocenters. The standard InChI is InChI=1S/C70H82N6O8.C2H6O.H2O/c1-41-59(65(81)75(73(41)15)55-23-19-17-20-24-55)71-57(77)39-83-63-47-27-43-31-51(67(3,4)5)33-45(61(43)79)29-49-37-54(70(12,13)14)38-50(64(49)84-40-58(78)72-60-42(2)74(16)76(66(60)82)56-25-21-18-22-26-56)30-46-34-52(68(6,7)8)32-44(62(46)80)28-48(63)36-53(35-47)69(9,10)11;1-2-3;/h17-26,31-38,79-80H,27-30,39-40H2,1-16H3,(H,71,77)(H,72,78);3H,2H2,1H3;1H2. The number of carbonyl (C=O) groups is 2. The molecule has 2 amide bonds. The van der Waals surface area contributed by atoms with Gasteiger partial charge in [-0.3, -0.25) is 28.5 Å². The van der Waals surface area contributed by atoms with Crippen molar-refractivity contribution < 1.29 is 39.9 Å². The number of hydrogen-bond acceptors (Lipinski definition) is 9. The lowest BCUT2D eigenvalue weighted by Crippen LogP contribution is -2.26. The fourth-order valence-electron chi connectivity index (χ4n) is 11.1. The van der Waals surface area contributed by atoms with Gasteiger partial charge in [0.1, 0.15) is 34.4 Å². The molecular formula is C72H90N6O10. The van der Waals surface area contributed by atoms with E-state index in [4.69, 9.17) is 14.6 Å². The Morgan fingerprint density at radius 1 is 0.466 bits per heavy atom. The minimum atomic E-state index is -0.535. The maximum absolute atomic E-state index is 14.3. The second kappa shape index (κ2) is 26.0. The summed E-state index contributed by atoms with van der Waals surface area (Å²) in [6, 6.07) is 35.0. The van der Waals surface area contributed by atoms with E-state index in [1.54, 1.807) is 44.2 Å². The Morgan fingerprint density at radius 3 is 0.943 bits per heavy atom. The number of rotatable bonds is 10. The van der Waals surface area contributed by atoms with Crippen LogP contribution in [0.1, 0.15) is 168 Å². The first-order valence-electron chi connectivity index (χ1n) is 29.9. The van der Waals surface area contributed by atoms with Crippen LogP contribution < -0.4 is 31.2 Å². The molecule has 468 valence electrons. The summed E-state index contributed by atoms with van der Waals surface area (Å²) < 4.78 is 20.0. The fourth-order valence-corrected chi connectivity index (χ4v) is 11.1. The summed E-state index contributed by atoms with van der Waals surface area (Å²) in [5, 5.41) is 39.1. The number of ether oxygens (including phenoxy) is 2. The van der Waals surface area contributed by atoms with E-state index in [1.807, 2.05) is 84.9 Å². The zero-order chi connectivity index (χ0) is 63.8. The zero-order valence-corrected chi connectivity index (χ0v) is 54.4. The zero-order valence-electron chi connectivity index (χ0n) is 54.4. The van der Waals surface area contributed by atoms with Gasteiger partial charge in [0.2, 0.25) is 0 Å². The molecule has 9 rings (SSSR count). The number of fused-ring (bicyclic) bond motifs is 8. The van der Waals surface area contributed by atoms with Crippen molar-refractivity contribution in [2.24, 2.45) is 14.1 Å². The number of nitrogens with one attached hydrogen (secondary N) is 2. The first-order valence-corrected chi connectivity index (χ1v) is 29.9. The van der Waals surface area contributed by atoms with E-state index in [2.05, 4.69) is 118 Å². The van der Waals surface area contributed by atoms with E-state index in [1.165, 1.54) is 9.36 Å². The van der Waals surface area contributed by atoms with Crippen LogP contribution in [0.2, 0.25) is 0 Å². The second-order valence-electron chi connectivity index (χ2n) is 27.1. The third-order valence-corrected chi connectivity index (χ3v) is 16.3. The Balaban J connectivity index is 0.00000271. The molecule has 16 heteroatoms. The summed E-state index contributed by atoms with van der Waals surface area (Å²) in [7, 11) is 3.54. The van der Waals surface area contributed by atoms with Gasteiger partial charge in [-0.2, -0.15) is 0 Å². The third kappa shape index (κ3) is 14.4. The topological polar surface area (TPSA) is 223 Å². The van der Waals surface area contributed by atoms with Crippen LogP contribution >= 0.6 is 0 Å². The SMILES string of the molecule is CCO.Cc1c(NC(=O)COc2c3cc(C(C)(C)C)cc2Cc2cc(C(C)(C)C)cc(c2O)Cc2cc(C(C)(C)C)cc(c2OCC(=O)Nc2c(C)n(C)n(-c4ccccc4)c2=O)Cc2cc(C(C)(C)C)cc(c2O)C3)c(=O)n(-c2ccccc2)n1C.O. The highest BCUT2D eigenvalue weighted by molar-refractivity contribution is 5.93. The highest BCUT2D eigenvalue weighted by atomic mass is 16.5. The number of aliphatic hydroxyl groups is 1. The minimum Gasteiger partial charge on any atom is -0.507 e. The van der Waals surface area contributed by atoms with Gasteiger partial charge in [-0.15, -0.1) is 0 Å². The third-order valence-electron chi connectivity index (χ3n) is 16.3. The number of hydrogen-bond donors (Lipinski definition) is 5. The lowest BCUT2D eigenvalue weighted by Gasteiger charge is -2.28. The summed E-state index contributed by atoms with van der Waals surface area (Å²) in [5.41, 5.74) is 9.79. The van der Waals surface area contributed by atoms with Gasteiger partial charge in [0, 0.05) is 46.4 Å². The molecule has 8 bridgehead atoms. The molecule has 1 aliphatic carbocycles. The van der Waals surface area contributed by atoms with Gasteiger partial charge >= 0.3 is 0 Å². The molecule has 0 saturated carbocycles. The average molecular weight is 1200 g/mol. The van der Waals surface area contributed by atoms with Crippen molar-refractivity contribution in [1.82, 2.24) is 18.7 Å². The molecule has 1 aliphatic rings. The number of para-hydroxylation sites is 2. The van der Waals surface area contributed by atoms with Crippen LogP contribution in [-0.2, 0) is 71.0 Å². The molecule has 2 aromatic heterocycles. The van der Waals surface area contributed by atoms with Crippen molar-refractivity contribution in [1.29, 1.82) is 0 Å². The van der Waals surface area contributed by atoms with Crippen LogP contribution in [0, 0.1) is 13.8 Å². The number of phenols is 2. The van der Waals surface area contributed by atoms with Crippen LogP contribution in [0.15, 0.2) is 119 Å². The van der Waals surface area contributed by atoms with Crippen LogP contribution in [-0.4, -0.2) is 71.2 Å². The van der Waals surface area contributed by atoms with Crippen molar-refractivity contribution >= 4 is 23.2 Å². The molecule has 8 aromatic rings. The van der Waals surface area contributed by atoms with Crippen LogP contribution in [0.25, 0.3) is 11.4 Å². The van der Waals surface area contributed by atoms with E-state index in [-0.39, 0.29) is 93.4 Å². The Morgan fingerprint density at radius 2 is 0.705 bits per heavy atom. The normalized spacial score (nSPS) is 12.6. The van der Waals surface area contributed by atoms with E-state index in [9.17, 15) is 29.4 Å². The number of nitrogens with zero attached hydrogens (tertiary/aromatic N) is 4. The van der Waals surface area contributed by atoms with Crippen LogP contribution in [0.3, 0.4) is 0 Å². The number of amides is 2. The van der Waals surface area contributed by atoms with Crippen molar-refractivity contribution in [3.63, 3.8) is 0 Å². The van der Waals surface area contributed by atoms with Gasteiger partial charge in [0.25, 0.3) is 22.9 Å². The van der Waals surface area contributed by atoms with Gasteiger partial charge in [0.15, 0.2) is 13.2 Å². The highest BCUT2D eigenvalue weighted by Gasteiger charge is 2.30. The second-order valence-corrected chi connectivity index (χ2v) is 27.1. The smallest absolute Gasteiger partial charge is 0.295 e. The Hall–Kier alpha value is -8.60. The number of benzene rings is 6. The lowest BCUT2D eigenvalue weighted by molar-refractivity contribution is -0.118. The van der Waals surface area contributed by atoms with E-state index >= 15 is 0 Å². The van der Waals surface area contributed by atoms with E-state index in [0.717, 1.165) is 44.5 Å². The van der Waals surface area contributed by atoms with E-state index in [0.29, 0.717) is 56.5 Å². The highest BCUT2D eigenvalue weighted by Crippen LogP contribution is 2.44. The average Bonchev–Trinajstić information content (AvgIpc) is 3.15. The first-order chi connectivity index (χ1) is 40.7. The molecule has 7 N–H and O–H groups in total.